The highest BCUT2D eigenvalue weighted by atomic mass is 19.1. The van der Waals surface area contributed by atoms with Crippen LogP contribution >= 0.6 is 0 Å². The fraction of sp³-hybridized carbons (Fsp3) is 0.421. The number of methoxy groups -OCH3 is 1. The maximum atomic E-state index is 14.0. The Hall–Kier alpha value is -2.74. The predicted octanol–water partition coefficient (Wildman–Crippen LogP) is 3.81. The number of ether oxygens (including phenoxy) is 1. The largest absolute Gasteiger partial charge is 0.385 e. The SMILES string of the molecule is COCCCNc1ncc2nc(Nc3ccccc3F)n(CC(C)C)c2n1. The number of fused-ring (bicyclic) bond motifs is 1. The summed E-state index contributed by atoms with van der Waals surface area (Å²) in [5.41, 5.74) is 1.76. The fourth-order valence-corrected chi connectivity index (χ4v) is 2.74. The van der Waals surface area contributed by atoms with Gasteiger partial charge in [0.2, 0.25) is 11.9 Å². The molecule has 0 aliphatic heterocycles. The van der Waals surface area contributed by atoms with Gasteiger partial charge in [0.15, 0.2) is 5.65 Å². The first-order valence-corrected chi connectivity index (χ1v) is 9.06. The standard InChI is InChI=1S/C19H25FN6O/c1-13(2)12-26-17-16(11-22-18(25-17)21-9-6-10-27-3)24-19(26)23-15-8-5-4-7-14(15)20/h4-5,7-8,11,13H,6,9-10,12H2,1-3H3,(H,23,24)(H,21,22,25). The van der Waals surface area contributed by atoms with E-state index in [1.807, 2.05) is 4.57 Å². The van der Waals surface area contributed by atoms with E-state index in [9.17, 15) is 4.39 Å². The lowest BCUT2D eigenvalue weighted by molar-refractivity contribution is 0.197. The Labute approximate surface area is 158 Å². The van der Waals surface area contributed by atoms with Crippen molar-refractivity contribution in [2.45, 2.75) is 26.8 Å². The van der Waals surface area contributed by atoms with Gasteiger partial charge in [0.25, 0.3) is 0 Å². The van der Waals surface area contributed by atoms with Crippen molar-refractivity contribution in [2.75, 3.05) is 30.9 Å². The molecule has 3 rings (SSSR count). The van der Waals surface area contributed by atoms with Gasteiger partial charge in [-0.25, -0.2) is 14.4 Å². The number of hydrogen-bond acceptors (Lipinski definition) is 6. The van der Waals surface area contributed by atoms with Crippen LogP contribution in [0, 0.1) is 11.7 Å². The second-order valence-electron chi connectivity index (χ2n) is 6.72. The monoisotopic (exact) mass is 372 g/mol. The van der Waals surface area contributed by atoms with E-state index in [0.717, 1.165) is 13.0 Å². The lowest BCUT2D eigenvalue weighted by atomic mass is 10.2. The first-order valence-electron chi connectivity index (χ1n) is 9.06. The molecule has 8 heteroatoms. The first kappa shape index (κ1) is 19.0. The summed E-state index contributed by atoms with van der Waals surface area (Å²) in [6.07, 6.45) is 2.55. The molecular formula is C19H25FN6O. The molecule has 0 unspecified atom stereocenters. The molecule has 0 bridgehead atoms. The molecule has 3 aromatic rings. The van der Waals surface area contributed by atoms with E-state index in [1.54, 1.807) is 31.5 Å². The van der Waals surface area contributed by atoms with Crippen LogP contribution in [0.15, 0.2) is 30.5 Å². The van der Waals surface area contributed by atoms with Gasteiger partial charge >= 0.3 is 0 Å². The van der Waals surface area contributed by atoms with Crippen molar-refractivity contribution < 1.29 is 9.13 Å². The maximum absolute atomic E-state index is 14.0. The third-order valence-electron chi connectivity index (χ3n) is 3.96. The molecule has 0 saturated heterocycles. The van der Waals surface area contributed by atoms with Crippen molar-refractivity contribution in [3.63, 3.8) is 0 Å². The summed E-state index contributed by atoms with van der Waals surface area (Å²) in [5, 5.41) is 6.28. The zero-order valence-electron chi connectivity index (χ0n) is 15.9. The Bertz CT molecular complexity index is 895. The lowest BCUT2D eigenvalue weighted by Gasteiger charge is -2.13. The van der Waals surface area contributed by atoms with Crippen LogP contribution in [-0.4, -0.2) is 39.8 Å². The summed E-state index contributed by atoms with van der Waals surface area (Å²) in [5.74, 6) is 1.14. The molecule has 7 nitrogen and oxygen atoms in total. The van der Waals surface area contributed by atoms with Crippen molar-refractivity contribution in [1.82, 2.24) is 19.5 Å². The van der Waals surface area contributed by atoms with Gasteiger partial charge in [0.05, 0.1) is 11.9 Å². The fourth-order valence-electron chi connectivity index (χ4n) is 2.74. The molecule has 2 aromatic heterocycles. The number of hydrogen-bond donors (Lipinski definition) is 2. The number of benzene rings is 1. The highest BCUT2D eigenvalue weighted by Gasteiger charge is 2.16. The number of nitrogens with one attached hydrogen (secondary N) is 2. The topological polar surface area (TPSA) is 76.9 Å². The third kappa shape index (κ3) is 4.71. The number of halogens is 1. The van der Waals surface area contributed by atoms with E-state index in [-0.39, 0.29) is 5.82 Å². The molecule has 2 N–H and O–H groups in total. The van der Waals surface area contributed by atoms with Crippen LogP contribution in [0.3, 0.4) is 0 Å². The highest BCUT2D eigenvalue weighted by molar-refractivity contribution is 5.76. The molecule has 1 aromatic carbocycles. The van der Waals surface area contributed by atoms with Gasteiger partial charge in [0, 0.05) is 26.8 Å². The van der Waals surface area contributed by atoms with Gasteiger partial charge in [0.1, 0.15) is 11.3 Å². The zero-order valence-corrected chi connectivity index (χ0v) is 15.9. The summed E-state index contributed by atoms with van der Waals surface area (Å²) >= 11 is 0. The van der Waals surface area contributed by atoms with E-state index >= 15 is 0 Å². The molecule has 0 amide bonds. The van der Waals surface area contributed by atoms with Gasteiger partial charge in [-0.15, -0.1) is 0 Å². The van der Waals surface area contributed by atoms with Crippen molar-refractivity contribution in [2.24, 2.45) is 5.92 Å². The normalized spacial score (nSPS) is 11.3. The molecule has 0 aliphatic rings. The first-order chi connectivity index (χ1) is 13.1. The van der Waals surface area contributed by atoms with E-state index in [0.29, 0.717) is 47.8 Å². The molecule has 0 radical (unpaired) electrons. The van der Waals surface area contributed by atoms with Gasteiger partial charge in [-0.05, 0) is 24.5 Å². The van der Waals surface area contributed by atoms with Crippen molar-refractivity contribution in [3.8, 4) is 0 Å². The molecule has 27 heavy (non-hydrogen) atoms. The Morgan fingerprint density at radius 3 is 2.78 bits per heavy atom. The number of anilines is 3. The van der Waals surface area contributed by atoms with Gasteiger partial charge in [-0.1, -0.05) is 26.0 Å². The number of rotatable bonds is 9. The smallest absolute Gasteiger partial charge is 0.224 e. The number of imidazole rings is 1. The third-order valence-corrected chi connectivity index (χ3v) is 3.96. The second kappa shape index (κ2) is 8.77. The van der Waals surface area contributed by atoms with E-state index in [2.05, 4.69) is 39.4 Å². The number of nitrogens with zero attached hydrogens (tertiary/aromatic N) is 4. The van der Waals surface area contributed by atoms with Crippen molar-refractivity contribution in [1.29, 1.82) is 0 Å². The lowest BCUT2D eigenvalue weighted by Crippen LogP contribution is -2.11. The van der Waals surface area contributed by atoms with Crippen LogP contribution in [0.2, 0.25) is 0 Å². The van der Waals surface area contributed by atoms with E-state index in [1.165, 1.54) is 6.07 Å². The van der Waals surface area contributed by atoms with Crippen LogP contribution in [0.4, 0.5) is 22.0 Å². The molecule has 144 valence electrons. The van der Waals surface area contributed by atoms with Crippen molar-refractivity contribution >= 4 is 28.7 Å². The maximum Gasteiger partial charge on any atom is 0.224 e. The van der Waals surface area contributed by atoms with Gasteiger partial charge < -0.3 is 15.4 Å². The minimum atomic E-state index is -0.327. The minimum absolute atomic E-state index is 0.327. The summed E-state index contributed by atoms with van der Waals surface area (Å²) in [6, 6.07) is 6.54. The zero-order chi connectivity index (χ0) is 19.2. The van der Waals surface area contributed by atoms with Gasteiger partial charge in [-0.2, -0.15) is 4.98 Å². The number of aromatic nitrogens is 4. The Morgan fingerprint density at radius 1 is 1.22 bits per heavy atom. The summed E-state index contributed by atoms with van der Waals surface area (Å²) in [4.78, 5) is 13.5. The molecule has 0 fully saturated rings. The Morgan fingerprint density at radius 2 is 2.04 bits per heavy atom. The molecule has 2 heterocycles. The average molecular weight is 372 g/mol. The Kier molecular flexibility index (Phi) is 6.18. The van der Waals surface area contributed by atoms with E-state index in [4.69, 9.17) is 4.74 Å². The van der Waals surface area contributed by atoms with Crippen LogP contribution in [0.25, 0.3) is 11.2 Å². The van der Waals surface area contributed by atoms with Gasteiger partial charge in [-0.3, -0.25) is 4.57 Å². The molecule has 0 atom stereocenters. The molecule has 0 spiro atoms. The van der Waals surface area contributed by atoms with Crippen molar-refractivity contribution in [3.05, 3.63) is 36.3 Å². The quantitative estimate of drug-likeness (QED) is 0.556. The van der Waals surface area contributed by atoms with Crippen LogP contribution < -0.4 is 10.6 Å². The minimum Gasteiger partial charge on any atom is -0.385 e. The predicted molar refractivity (Wildman–Crippen MR) is 105 cm³/mol. The molecule has 0 aliphatic carbocycles. The summed E-state index contributed by atoms with van der Waals surface area (Å²) in [6.45, 7) is 6.33. The Balaban J connectivity index is 1.92. The summed E-state index contributed by atoms with van der Waals surface area (Å²) < 4.78 is 21.1. The highest BCUT2D eigenvalue weighted by Crippen LogP contribution is 2.24. The van der Waals surface area contributed by atoms with E-state index < -0.39 is 0 Å². The van der Waals surface area contributed by atoms with Crippen LogP contribution in [0.5, 0.6) is 0 Å². The number of para-hydroxylation sites is 1. The molecule has 0 saturated carbocycles. The average Bonchev–Trinajstić information content (AvgIpc) is 2.97. The van der Waals surface area contributed by atoms with Crippen LogP contribution in [-0.2, 0) is 11.3 Å². The summed E-state index contributed by atoms with van der Waals surface area (Å²) in [7, 11) is 1.68. The second-order valence-corrected chi connectivity index (χ2v) is 6.72. The van der Waals surface area contributed by atoms with Crippen LogP contribution in [0.1, 0.15) is 20.3 Å². The molecular weight excluding hydrogens is 347 g/mol.